The van der Waals surface area contributed by atoms with Crippen LogP contribution in [-0.4, -0.2) is 47.3 Å². The van der Waals surface area contributed by atoms with E-state index >= 15 is 0 Å². The molecule has 5 nitrogen and oxygen atoms in total. The SMILES string of the molecule is CC(C)OC(=O)CCC/C=C\C[C@@H]1[C@@H](/C=C/C(F)COc2ccccc2)[C@H](O)C[C@@H]1O. The van der Waals surface area contributed by atoms with Crippen molar-refractivity contribution < 1.29 is 28.9 Å². The summed E-state index contributed by atoms with van der Waals surface area (Å²) in [6.45, 7) is 3.55. The van der Waals surface area contributed by atoms with Crippen molar-refractivity contribution in [2.24, 2.45) is 11.8 Å². The van der Waals surface area contributed by atoms with Gasteiger partial charge in [-0.05, 0) is 51.2 Å². The second-order valence-corrected chi connectivity index (χ2v) is 8.27. The Morgan fingerprint density at radius 2 is 1.94 bits per heavy atom. The predicted molar refractivity (Wildman–Crippen MR) is 118 cm³/mol. The molecule has 6 heteroatoms. The Labute approximate surface area is 184 Å². The van der Waals surface area contributed by atoms with Gasteiger partial charge in [0.25, 0.3) is 0 Å². The van der Waals surface area contributed by atoms with Crippen LogP contribution < -0.4 is 4.74 Å². The summed E-state index contributed by atoms with van der Waals surface area (Å²) in [6, 6.07) is 9.04. The number of aliphatic hydroxyl groups is 2. The molecule has 5 atom stereocenters. The molecule has 0 aromatic heterocycles. The molecule has 1 fully saturated rings. The van der Waals surface area contributed by atoms with Gasteiger partial charge in [0, 0.05) is 18.8 Å². The molecule has 1 saturated carbocycles. The maximum Gasteiger partial charge on any atom is 0.306 e. The van der Waals surface area contributed by atoms with Gasteiger partial charge in [0.1, 0.15) is 12.4 Å². The number of ether oxygens (including phenoxy) is 2. The van der Waals surface area contributed by atoms with Crippen LogP contribution in [0.25, 0.3) is 0 Å². The van der Waals surface area contributed by atoms with Crippen LogP contribution in [0.4, 0.5) is 4.39 Å². The number of carbonyl (C=O) groups excluding carboxylic acids is 1. The van der Waals surface area contributed by atoms with E-state index in [1.807, 2.05) is 44.2 Å². The van der Waals surface area contributed by atoms with Crippen molar-refractivity contribution in [3.63, 3.8) is 0 Å². The molecule has 1 aliphatic carbocycles. The van der Waals surface area contributed by atoms with Crippen LogP contribution in [-0.2, 0) is 9.53 Å². The summed E-state index contributed by atoms with van der Waals surface area (Å²) in [7, 11) is 0. The van der Waals surface area contributed by atoms with Gasteiger partial charge in [0.05, 0.1) is 18.3 Å². The molecular formula is C25H35FO5. The molecule has 2 rings (SSSR count). The summed E-state index contributed by atoms with van der Waals surface area (Å²) in [5.41, 5.74) is 0. The monoisotopic (exact) mass is 434 g/mol. The van der Waals surface area contributed by atoms with E-state index < -0.39 is 18.4 Å². The molecule has 0 saturated heterocycles. The third kappa shape index (κ3) is 9.23. The van der Waals surface area contributed by atoms with Crippen LogP contribution in [0.5, 0.6) is 5.75 Å². The first-order valence-electron chi connectivity index (χ1n) is 11.1. The summed E-state index contributed by atoms with van der Waals surface area (Å²) in [6.07, 6.45) is 6.98. The van der Waals surface area contributed by atoms with Gasteiger partial charge in [-0.2, -0.15) is 0 Å². The molecule has 0 spiro atoms. The topological polar surface area (TPSA) is 76.0 Å². The van der Waals surface area contributed by atoms with Crippen molar-refractivity contribution in [2.45, 2.75) is 70.4 Å². The maximum absolute atomic E-state index is 14.2. The number of carbonyl (C=O) groups is 1. The Morgan fingerprint density at radius 3 is 2.65 bits per heavy atom. The highest BCUT2D eigenvalue weighted by Gasteiger charge is 2.39. The highest BCUT2D eigenvalue weighted by Crippen LogP contribution is 2.36. The molecule has 0 amide bonds. The Bertz CT molecular complexity index is 703. The number of hydrogen-bond acceptors (Lipinski definition) is 5. The van der Waals surface area contributed by atoms with E-state index in [0.717, 1.165) is 6.42 Å². The van der Waals surface area contributed by atoms with Gasteiger partial charge in [-0.3, -0.25) is 4.79 Å². The van der Waals surface area contributed by atoms with E-state index in [2.05, 4.69) is 0 Å². The average Bonchev–Trinajstić information content (AvgIpc) is 3.00. The van der Waals surface area contributed by atoms with Gasteiger partial charge >= 0.3 is 5.97 Å². The van der Waals surface area contributed by atoms with Gasteiger partial charge in [0.15, 0.2) is 6.17 Å². The molecular weight excluding hydrogens is 399 g/mol. The number of esters is 1. The van der Waals surface area contributed by atoms with E-state index in [0.29, 0.717) is 25.0 Å². The van der Waals surface area contributed by atoms with Crippen LogP contribution in [0, 0.1) is 11.8 Å². The van der Waals surface area contributed by atoms with Crippen molar-refractivity contribution in [1.82, 2.24) is 0 Å². The lowest BCUT2D eigenvalue weighted by Crippen LogP contribution is -2.20. The van der Waals surface area contributed by atoms with Gasteiger partial charge in [-0.15, -0.1) is 0 Å². The van der Waals surface area contributed by atoms with E-state index in [1.165, 1.54) is 6.08 Å². The van der Waals surface area contributed by atoms with E-state index in [-0.39, 0.29) is 36.9 Å². The second-order valence-electron chi connectivity index (χ2n) is 8.27. The number of allylic oxidation sites excluding steroid dienone is 2. The minimum Gasteiger partial charge on any atom is -0.490 e. The van der Waals surface area contributed by atoms with Crippen LogP contribution in [0.15, 0.2) is 54.6 Å². The zero-order valence-corrected chi connectivity index (χ0v) is 18.4. The molecule has 2 N–H and O–H groups in total. The fourth-order valence-corrected chi connectivity index (χ4v) is 3.76. The molecule has 0 bridgehead atoms. The number of alkyl halides is 1. The number of rotatable bonds is 12. The summed E-state index contributed by atoms with van der Waals surface area (Å²) in [5.74, 6) is -0.0680. The minimum atomic E-state index is -1.30. The minimum absolute atomic E-state index is 0.0999. The lowest BCUT2D eigenvalue weighted by atomic mass is 9.89. The molecule has 0 radical (unpaired) electrons. The molecule has 0 aliphatic heterocycles. The number of aliphatic hydroxyl groups excluding tert-OH is 2. The highest BCUT2D eigenvalue weighted by atomic mass is 19.1. The number of benzene rings is 1. The lowest BCUT2D eigenvalue weighted by Gasteiger charge is -2.19. The Hall–Kier alpha value is -2.18. The van der Waals surface area contributed by atoms with Crippen molar-refractivity contribution in [3.8, 4) is 5.75 Å². The maximum atomic E-state index is 14.2. The molecule has 1 aliphatic rings. The Morgan fingerprint density at radius 1 is 1.19 bits per heavy atom. The Balaban J connectivity index is 1.77. The summed E-state index contributed by atoms with van der Waals surface area (Å²) in [5, 5.41) is 20.6. The first-order valence-corrected chi connectivity index (χ1v) is 11.1. The van der Waals surface area contributed by atoms with E-state index in [4.69, 9.17) is 9.47 Å². The zero-order valence-electron chi connectivity index (χ0n) is 18.4. The van der Waals surface area contributed by atoms with Crippen molar-refractivity contribution in [3.05, 3.63) is 54.6 Å². The highest BCUT2D eigenvalue weighted by molar-refractivity contribution is 5.69. The third-order valence-electron chi connectivity index (χ3n) is 5.30. The average molecular weight is 435 g/mol. The van der Waals surface area contributed by atoms with Crippen LogP contribution in [0.3, 0.4) is 0 Å². The first kappa shape index (κ1) is 25.1. The number of hydrogen-bond donors (Lipinski definition) is 2. The van der Waals surface area contributed by atoms with Crippen LogP contribution >= 0.6 is 0 Å². The zero-order chi connectivity index (χ0) is 22.6. The molecule has 31 heavy (non-hydrogen) atoms. The number of para-hydroxylation sites is 1. The molecule has 1 aromatic carbocycles. The van der Waals surface area contributed by atoms with Crippen LogP contribution in [0.2, 0.25) is 0 Å². The largest absolute Gasteiger partial charge is 0.490 e. The molecule has 1 aromatic rings. The first-order chi connectivity index (χ1) is 14.9. The van der Waals surface area contributed by atoms with Crippen molar-refractivity contribution in [2.75, 3.05) is 6.61 Å². The summed E-state index contributed by atoms with van der Waals surface area (Å²) < 4.78 is 24.7. The van der Waals surface area contributed by atoms with Gasteiger partial charge in [-0.1, -0.05) is 42.5 Å². The van der Waals surface area contributed by atoms with Gasteiger partial charge < -0.3 is 19.7 Å². The standard InChI is InChI=1S/C25H35FO5/c1-18(2)31-25(29)13-9-4-3-8-12-21-22(24(28)16-23(21)27)15-14-19(26)17-30-20-10-6-5-7-11-20/h3,5-8,10-11,14-15,18-19,21-24,27-28H,4,9,12-13,16-17H2,1-2H3/b8-3-,15-14+/t19?,21-,22-,23+,24-/m1/s1. The van der Waals surface area contributed by atoms with Crippen molar-refractivity contribution >= 4 is 5.97 Å². The van der Waals surface area contributed by atoms with Gasteiger partial charge in [-0.25, -0.2) is 4.39 Å². The van der Waals surface area contributed by atoms with E-state index in [9.17, 15) is 19.4 Å². The van der Waals surface area contributed by atoms with Gasteiger partial charge in [0.2, 0.25) is 0 Å². The summed E-state index contributed by atoms with van der Waals surface area (Å²) in [4.78, 5) is 11.5. The second kappa shape index (κ2) is 13.3. The number of unbranched alkanes of at least 4 members (excludes halogenated alkanes) is 1. The molecule has 172 valence electrons. The lowest BCUT2D eigenvalue weighted by molar-refractivity contribution is -0.147. The molecule has 0 heterocycles. The fraction of sp³-hybridized carbons (Fsp3) is 0.560. The predicted octanol–water partition coefficient (Wildman–Crippen LogP) is 4.39. The van der Waals surface area contributed by atoms with E-state index in [1.54, 1.807) is 18.2 Å². The Kier molecular flexibility index (Phi) is 10.7. The smallest absolute Gasteiger partial charge is 0.306 e. The summed E-state index contributed by atoms with van der Waals surface area (Å²) >= 11 is 0. The fourth-order valence-electron chi connectivity index (χ4n) is 3.76. The third-order valence-corrected chi connectivity index (χ3v) is 5.30. The van der Waals surface area contributed by atoms with Crippen LogP contribution in [0.1, 0.15) is 46.0 Å². The quantitative estimate of drug-likeness (QED) is 0.290. The number of halogens is 1. The normalized spacial score (nSPS) is 24.8. The van der Waals surface area contributed by atoms with Crippen molar-refractivity contribution in [1.29, 1.82) is 0 Å². The molecule has 1 unspecified atom stereocenters.